The Morgan fingerprint density at radius 1 is 1.46 bits per heavy atom. The van der Waals surface area contributed by atoms with E-state index in [1.54, 1.807) is 6.08 Å². The number of ether oxygens (including phenoxy) is 3. The van der Waals surface area contributed by atoms with Gasteiger partial charge < -0.3 is 14.2 Å². The summed E-state index contributed by atoms with van der Waals surface area (Å²) in [5, 5.41) is 0. The maximum atomic E-state index is 10.7. The maximum Gasteiger partial charge on any atom is 0.509 e. The SMILES string of the molecule is C=CCC1OC(=O)OC1COC=O. The summed E-state index contributed by atoms with van der Waals surface area (Å²) in [5.41, 5.74) is 0. The lowest BCUT2D eigenvalue weighted by molar-refractivity contribution is -0.131. The van der Waals surface area contributed by atoms with Gasteiger partial charge in [0.15, 0.2) is 6.10 Å². The van der Waals surface area contributed by atoms with E-state index >= 15 is 0 Å². The van der Waals surface area contributed by atoms with E-state index in [4.69, 9.17) is 9.47 Å². The highest BCUT2D eigenvalue weighted by molar-refractivity contribution is 5.62. The summed E-state index contributed by atoms with van der Waals surface area (Å²) < 4.78 is 14.0. The molecule has 1 aliphatic rings. The van der Waals surface area contributed by atoms with Gasteiger partial charge in [-0.2, -0.15) is 0 Å². The number of carbonyl (C=O) groups is 2. The van der Waals surface area contributed by atoms with Crippen molar-refractivity contribution >= 4 is 12.6 Å². The van der Waals surface area contributed by atoms with Crippen LogP contribution in [0.3, 0.4) is 0 Å². The molecule has 2 unspecified atom stereocenters. The second-order valence-corrected chi connectivity index (χ2v) is 2.52. The molecule has 0 N–H and O–H groups in total. The number of cyclic esters (lactones) is 2. The minimum atomic E-state index is -0.730. The lowest BCUT2D eigenvalue weighted by Crippen LogP contribution is -2.26. The van der Waals surface area contributed by atoms with Gasteiger partial charge in [0.25, 0.3) is 6.47 Å². The molecule has 1 fully saturated rings. The first-order chi connectivity index (χ1) is 6.27. The van der Waals surface area contributed by atoms with Crippen molar-refractivity contribution in [3.05, 3.63) is 12.7 Å². The van der Waals surface area contributed by atoms with E-state index in [0.717, 1.165) is 0 Å². The van der Waals surface area contributed by atoms with E-state index in [1.807, 2.05) is 0 Å². The first-order valence-corrected chi connectivity index (χ1v) is 3.81. The second kappa shape index (κ2) is 4.49. The zero-order chi connectivity index (χ0) is 9.68. The molecule has 0 spiro atoms. The predicted molar refractivity (Wildman–Crippen MR) is 42.0 cm³/mol. The van der Waals surface area contributed by atoms with Crippen LogP contribution in [0.15, 0.2) is 12.7 Å². The fourth-order valence-electron chi connectivity index (χ4n) is 1.07. The van der Waals surface area contributed by atoms with Gasteiger partial charge >= 0.3 is 6.16 Å². The van der Waals surface area contributed by atoms with Gasteiger partial charge in [0.1, 0.15) is 12.7 Å². The van der Waals surface area contributed by atoms with E-state index in [1.165, 1.54) is 0 Å². The number of rotatable bonds is 5. The zero-order valence-corrected chi connectivity index (χ0v) is 6.97. The van der Waals surface area contributed by atoms with Crippen LogP contribution in [-0.4, -0.2) is 31.4 Å². The van der Waals surface area contributed by atoms with Crippen molar-refractivity contribution in [2.45, 2.75) is 18.6 Å². The Kier molecular flexibility index (Phi) is 3.31. The van der Waals surface area contributed by atoms with Crippen molar-refractivity contribution in [3.8, 4) is 0 Å². The number of carbonyl (C=O) groups excluding carboxylic acids is 2. The molecule has 0 aromatic carbocycles. The lowest BCUT2D eigenvalue weighted by atomic mass is 10.1. The molecule has 5 nitrogen and oxygen atoms in total. The molecule has 0 bridgehead atoms. The van der Waals surface area contributed by atoms with Crippen molar-refractivity contribution in [1.82, 2.24) is 0 Å². The maximum absolute atomic E-state index is 10.7. The molecule has 13 heavy (non-hydrogen) atoms. The fraction of sp³-hybridized carbons (Fsp3) is 0.500. The van der Waals surface area contributed by atoms with Crippen LogP contribution in [0.1, 0.15) is 6.42 Å². The van der Waals surface area contributed by atoms with Gasteiger partial charge in [0.05, 0.1) is 0 Å². The van der Waals surface area contributed by atoms with E-state index in [0.29, 0.717) is 12.9 Å². The van der Waals surface area contributed by atoms with E-state index in [9.17, 15) is 9.59 Å². The van der Waals surface area contributed by atoms with Gasteiger partial charge in [-0.1, -0.05) is 6.08 Å². The van der Waals surface area contributed by atoms with E-state index in [2.05, 4.69) is 11.3 Å². The molecule has 5 heteroatoms. The number of hydrogen-bond donors (Lipinski definition) is 0. The molecule has 1 heterocycles. The highest BCUT2D eigenvalue weighted by atomic mass is 16.8. The minimum Gasteiger partial charge on any atom is -0.464 e. The summed E-state index contributed by atoms with van der Waals surface area (Å²) in [6, 6.07) is 0. The van der Waals surface area contributed by atoms with Gasteiger partial charge in [0.2, 0.25) is 0 Å². The Balaban J connectivity index is 2.44. The normalized spacial score (nSPS) is 26.0. The molecule has 0 radical (unpaired) electrons. The van der Waals surface area contributed by atoms with Crippen molar-refractivity contribution in [3.63, 3.8) is 0 Å². The first kappa shape index (κ1) is 9.57. The van der Waals surface area contributed by atoms with Crippen LogP contribution in [0.2, 0.25) is 0 Å². The molecular formula is C8H10O5. The summed E-state index contributed by atoms with van der Waals surface area (Å²) in [6.07, 6.45) is 0.450. The molecule has 0 aliphatic carbocycles. The van der Waals surface area contributed by atoms with Crippen LogP contribution in [0.25, 0.3) is 0 Å². The Morgan fingerprint density at radius 3 is 2.77 bits per heavy atom. The van der Waals surface area contributed by atoms with Crippen LogP contribution in [0.4, 0.5) is 4.79 Å². The standard InChI is InChI=1S/C8H10O5/c1-2-3-6-7(4-11-5-9)13-8(10)12-6/h2,5-7H,1,3-4H2. The third kappa shape index (κ3) is 2.47. The molecule has 0 saturated carbocycles. The summed E-state index contributed by atoms with van der Waals surface area (Å²) in [4.78, 5) is 20.6. The smallest absolute Gasteiger partial charge is 0.464 e. The molecular weight excluding hydrogens is 176 g/mol. The first-order valence-electron chi connectivity index (χ1n) is 3.81. The molecule has 1 saturated heterocycles. The fourth-order valence-corrected chi connectivity index (χ4v) is 1.07. The summed E-state index contributed by atoms with van der Waals surface area (Å²) in [5.74, 6) is 0. The van der Waals surface area contributed by atoms with Crippen LogP contribution in [-0.2, 0) is 19.0 Å². The average Bonchev–Trinajstić information content (AvgIpc) is 2.44. The van der Waals surface area contributed by atoms with Gasteiger partial charge in [-0.3, -0.25) is 4.79 Å². The highest BCUT2D eigenvalue weighted by Crippen LogP contribution is 2.18. The van der Waals surface area contributed by atoms with Gasteiger partial charge in [-0.25, -0.2) is 4.79 Å². The Hall–Kier alpha value is -1.52. The van der Waals surface area contributed by atoms with Crippen molar-refractivity contribution in [2.24, 2.45) is 0 Å². The minimum absolute atomic E-state index is 0.0216. The Bertz CT molecular complexity index is 213. The molecule has 0 aromatic rings. The topological polar surface area (TPSA) is 61.8 Å². The summed E-state index contributed by atoms with van der Waals surface area (Å²) in [7, 11) is 0. The largest absolute Gasteiger partial charge is 0.509 e. The van der Waals surface area contributed by atoms with Crippen LogP contribution >= 0.6 is 0 Å². The van der Waals surface area contributed by atoms with Gasteiger partial charge in [-0.05, 0) is 0 Å². The predicted octanol–water partition coefficient (Wildman–Crippen LogP) is 0.639. The highest BCUT2D eigenvalue weighted by Gasteiger charge is 2.36. The molecule has 2 atom stereocenters. The van der Waals surface area contributed by atoms with Crippen LogP contribution < -0.4 is 0 Å². The lowest BCUT2D eigenvalue weighted by Gasteiger charge is -2.11. The molecule has 0 amide bonds. The van der Waals surface area contributed by atoms with Gasteiger partial charge in [-0.15, -0.1) is 6.58 Å². The van der Waals surface area contributed by atoms with Crippen LogP contribution in [0, 0.1) is 0 Å². The summed E-state index contributed by atoms with van der Waals surface area (Å²) in [6.45, 7) is 3.83. The van der Waals surface area contributed by atoms with E-state index < -0.39 is 18.4 Å². The van der Waals surface area contributed by atoms with Gasteiger partial charge in [0, 0.05) is 6.42 Å². The van der Waals surface area contributed by atoms with Crippen molar-refractivity contribution in [1.29, 1.82) is 0 Å². The summed E-state index contributed by atoms with van der Waals surface area (Å²) >= 11 is 0. The number of hydrogen-bond acceptors (Lipinski definition) is 5. The molecule has 1 rings (SSSR count). The zero-order valence-electron chi connectivity index (χ0n) is 6.97. The quantitative estimate of drug-likeness (QED) is 0.358. The molecule has 1 aliphatic heterocycles. The molecule has 72 valence electrons. The third-order valence-electron chi connectivity index (χ3n) is 1.64. The van der Waals surface area contributed by atoms with Crippen molar-refractivity contribution < 1.29 is 23.8 Å². The van der Waals surface area contributed by atoms with E-state index in [-0.39, 0.29) is 6.61 Å². The van der Waals surface area contributed by atoms with Crippen molar-refractivity contribution in [2.75, 3.05) is 6.61 Å². The Labute approximate surface area is 75.3 Å². The average molecular weight is 186 g/mol. The monoisotopic (exact) mass is 186 g/mol. The second-order valence-electron chi connectivity index (χ2n) is 2.52. The van der Waals surface area contributed by atoms with Crippen LogP contribution in [0.5, 0.6) is 0 Å². The molecule has 0 aromatic heterocycles. The Morgan fingerprint density at radius 2 is 2.15 bits per heavy atom. The third-order valence-corrected chi connectivity index (χ3v) is 1.64.